The van der Waals surface area contributed by atoms with E-state index in [1.165, 1.54) is 0 Å². The number of hydrogen-bond donors (Lipinski definition) is 0. The minimum atomic E-state index is -4.31. The summed E-state index contributed by atoms with van der Waals surface area (Å²) in [4.78, 5) is 22.3. The molecule has 8 heteroatoms. The number of carbonyl (C=O) groups is 1. The highest BCUT2D eigenvalue weighted by Crippen LogP contribution is 2.41. The molecule has 0 N–H and O–H groups in total. The maximum absolute atomic E-state index is 11.5. The van der Waals surface area contributed by atoms with Crippen molar-refractivity contribution in [2.24, 2.45) is 0 Å². The number of esters is 1. The Morgan fingerprint density at radius 3 is 2.58 bits per heavy atom. The van der Waals surface area contributed by atoms with E-state index in [4.69, 9.17) is 9.36 Å². The molecule has 0 aliphatic rings. The number of rotatable bonds is 10. The second-order valence-corrected chi connectivity index (χ2v) is 5.70. The van der Waals surface area contributed by atoms with E-state index in [-0.39, 0.29) is 17.9 Å². The molecule has 0 radical (unpaired) electrons. The molecule has 1 atom stereocenters. The van der Waals surface area contributed by atoms with Gasteiger partial charge in [0.2, 0.25) is 0 Å². The summed E-state index contributed by atoms with van der Waals surface area (Å²) in [6.07, 6.45) is 2.11. The smallest absolute Gasteiger partial charge is 0.330 e. The molecule has 0 aromatic carbocycles. The van der Waals surface area contributed by atoms with Gasteiger partial charge < -0.3 is 14.2 Å². The van der Waals surface area contributed by atoms with Crippen molar-refractivity contribution in [1.82, 2.24) is 0 Å². The fraction of sp³-hybridized carbons (Fsp3) is 0.727. The Balaban J connectivity index is 4.06. The summed E-state index contributed by atoms with van der Waals surface area (Å²) in [7, 11) is -1.15. The second-order valence-electron chi connectivity index (χ2n) is 4.38. The highest BCUT2D eigenvalue weighted by atomic mass is 31.2. The lowest BCUT2D eigenvalue weighted by atomic mass is 10.4. The number of carbonyl (C=O) groups excluding carboxylic acids is 1. The third kappa shape index (κ3) is 9.81. The topological polar surface area (TPSA) is 84.9 Å². The Kier molecular flexibility index (Phi) is 8.13. The highest BCUT2D eigenvalue weighted by molar-refractivity contribution is 7.45. The predicted octanol–water partition coefficient (Wildman–Crippen LogP) is 1.01. The van der Waals surface area contributed by atoms with Crippen LogP contribution in [0.4, 0.5) is 0 Å². The van der Waals surface area contributed by atoms with Crippen LogP contribution in [0.3, 0.4) is 0 Å². The van der Waals surface area contributed by atoms with Gasteiger partial charge in [-0.05, 0) is 6.42 Å². The highest BCUT2D eigenvalue weighted by Gasteiger charge is 2.25. The van der Waals surface area contributed by atoms with E-state index in [2.05, 4.69) is 11.1 Å². The van der Waals surface area contributed by atoms with Gasteiger partial charge in [-0.1, -0.05) is 13.5 Å². The van der Waals surface area contributed by atoms with Gasteiger partial charge in [-0.25, -0.2) is 4.79 Å². The monoisotopic (exact) mass is 295 g/mol. The van der Waals surface area contributed by atoms with Gasteiger partial charge in [0.1, 0.15) is 6.54 Å². The van der Waals surface area contributed by atoms with Crippen LogP contribution in [0.5, 0.6) is 0 Å². The maximum Gasteiger partial charge on any atom is 0.330 e. The molecule has 0 aromatic heterocycles. The number of phosphoric ester groups is 1. The van der Waals surface area contributed by atoms with Gasteiger partial charge in [0, 0.05) is 12.5 Å². The Hall–Kier alpha value is -0.720. The normalized spacial score (nSPS) is 14.7. The van der Waals surface area contributed by atoms with Crippen molar-refractivity contribution in [3.8, 4) is 0 Å². The van der Waals surface area contributed by atoms with Crippen molar-refractivity contribution in [2.75, 3.05) is 33.9 Å². The van der Waals surface area contributed by atoms with Crippen LogP contribution in [0.1, 0.15) is 19.8 Å². The average Bonchev–Trinajstić information content (AvgIpc) is 2.30. The van der Waals surface area contributed by atoms with E-state index in [1.807, 2.05) is 0 Å². The molecule has 1 unspecified atom stereocenters. The summed E-state index contributed by atoms with van der Waals surface area (Å²) in [5.41, 5.74) is 0. The van der Waals surface area contributed by atoms with Gasteiger partial charge in [0.25, 0.3) is 0 Å². The second kappa shape index (κ2) is 8.45. The first-order valence-electron chi connectivity index (χ1n) is 6.01. The number of phosphoric acid groups is 1. The zero-order valence-corrected chi connectivity index (χ0v) is 12.6. The average molecular weight is 295 g/mol. The van der Waals surface area contributed by atoms with Crippen molar-refractivity contribution < 1.29 is 32.8 Å². The summed E-state index contributed by atoms with van der Waals surface area (Å²) >= 11 is 0. The predicted molar refractivity (Wildman–Crippen MR) is 67.7 cm³/mol. The Morgan fingerprint density at radius 1 is 1.42 bits per heavy atom. The molecule has 0 rings (SSSR count). The van der Waals surface area contributed by atoms with Gasteiger partial charge in [-0.2, -0.15) is 4.65 Å². The third-order valence-electron chi connectivity index (χ3n) is 2.03. The molecule has 0 heterocycles. The molecule has 0 aromatic rings. The zero-order chi connectivity index (χ0) is 14.9. The number of nitrogens with zero attached hydrogens (tertiary/aromatic N) is 1. The summed E-state index contributed by atoms with van der Waals surface area (Å²) in [6, 6.07) is 0. The lowest BCUT2D eigenvalue weighted by Gasteiger charge is -2.32. The Labute approximate surface area is 113 Å². The zero-order valence-electron chi connectivity index (χ0n) is 11.7. The van der Waals surface area contributed by atoms with Gasteiger partial charge in [0.15, 0.2) is 0 Å². The van der Waals surface area contributed by atoms with E-state index < -0.39 is 13.8 Å². The SMILES string of the molecule is C=CC(=O)OCCC[N+](C)(C)OP(=O)([O-])OCCC. The van der Waals surface area contributed by atoms with Crippen molar-refractivity contribution >= 4 is 13.8 Å². The fourth-order valence-electron chi connectivity index (χ4n) is 1.22. The van der Waals surface area contributed by atoms with Crippen LogP contribution in [0.2, 0.25) is 0 Å². The Bertz CT molecular complexity index is 344. The van der Waals surface area contributed by atoms with Crippen LogP contribution < -0.4 is 4.89 Å². The van der Waals surface area contributed by atoms with E-state index in [0.29, 0.717) is 19.4 Å². The molecule has 0 spiro atoms. The van der Waals surface area contributed by atoms with E-state index in [9.17, 15) is 14.3 Å². The lowest BCUT2D eigenvalue weighted by molar-refractivity contribution is -1.05. The third-order valence-corrected chi connectivity index (χ3v) is 3.17. The first kappa shape index (κ1) is 18.3. The van der Waals surface area contributed by atoms with Crippen molar-refractivity contribution in [1.29, 1.82) is 0 Å². The van der Waals surface area contributed by atoms with Crippen LogP contribution in [0.25, 0.3) is 0 Å². The number of quaternary nitrogens is 1. The van der Waals surface area contributed by atoms with E-state index >= 15 is 0 Å². The van der Waals surface area contributed by atoms with Crippen LogP contribution >= 0.6 is 7.82 Å². The number of hydrogen-bond acceptors (Lipinski definition) is 6. The first-order chi connectivity index (χ1) is 8.72. The molecule has 112 valence electrons. The minimum Gasteiger partial charge on any atom is -0.752 e. The molecule has 0 aliphatic heterocycles. The molecule has 0 saturated heterocycles. The van der Waals surface area contributed by atoms with Crippen LogP contribution in [-0.2, 0) is 23.2 Å². The van der Waals surface area contributed by atoms with Crippen LogP contribution in [0.15, 0.2) is 12.7 Å². The van der Waals surface area contributed by atoms with Gasteiger partial charge in [-0.3, -0.25) is 4.57 Å². The quantitative estimate of drug-likeness (QED) is 0.149. The van der Waals surface area contributed by atoms with Crippen molar-refractivity contribution in [3.63, 3.8) is 0 Å². The van der Waals surface area contributed by atoms with Crippen molar-refractivity contribution in [2.45, 2.75) is 19.8 Å². The summed E-state index contributed by atoms with van der Waals surface area (Å²) in [5.74, 6) is -0.507. The maximum atomic E-state index is 11.5. The molecule has 19 heavy (non-hydrogen) atoms. The first-order valence-corrected chi connectivity index (χ1v) is 7.47. The number of ether oxygens (including phenoxy) is 1. The van der Waals surface area contributed by atoms with Gasteiger partial charge in [0.05, 0.1) is 27.3 Å². The van der Waals surface area contributed by atoms with Crippen LogP contribution in [0, 0.1) is 0 Å². The molecule has 7 nitrogen and oxygen atoms in total. The van der Waals surface area contributed by atoms with Gasteiger partial charge >= 0.3 is 13.8 Å². The van der Waals surface area contributed by atoms with Crippen LogP contribution in [-0.4, -0.2) is 44.5 Å². The largest absolute Gasteiger partial charge is 0.752 e. The molecular weight excluding hydrogens is 273 g/mol. The number of hydroxylamine groups is 3. The summed E-state index contributed by atoms with van der Waals surface area (Å²) < 4.78 is 25.6. The Morgan fingerprint density at radius 2 is 2.05 bits per heavy atom. The molecular formula is C11H22NO6P. The van der Waals surface area contributed by atoms with E-state index in [0.717, 1.165) is 6.08 Å². The standard InChI is InChI=1S/C11H22NO6P/c1-5-9-17-19(14,15)18-12(3,4)8-7-10-16-11(13)6-2/h6H,2,5,7-10H2,1,3-4H3. The van der Waals surface area contributed by atoms with Crippen molar-refractivity contribution in [3.05, 3.63) is 12.7 Å². The lowest BCUT2D eigenvalue weighted by Crippen LogP contribution is -2.41. The fourth-order valence-corrected chi connectivity index (χ4v) is 2.29. The van der Waals surface area contributed by atoms with E-state index in [1.54, 1.807) is 21.0 Å². The molecule has 0 amide bonds. The molecule has 0 aliphatic carbocycles. The summed E-state index contributed by atoms with van der Waals surface area (Å²) in [5, 5.41) is 0. The summed E-state index contributed by atoms with van der Waals surface area (Å²) in [6.45, 7) is 5.69. The molecule has 0 bridgehead atoms. The van der Waals surface area contributed by atoms with Gasteiger partial charge in [-0.15, -0.1) is 4.62 Å². The molecule has 0 fully saturated rings. The minimum absolute atomic E-state index is 0.0950. The molecule has 0 saturated carbocycles.